The van der Waals surface area contributed by atoms with Crippen LogP contribution in [0.5, 0.6) is 0 Å². The van der Waals surface area contributed by atoms with Crippen LogP contribution in [0.2, 0.25) is 0 Å². The molecule has 0 saturated carbocycles. The molecule has 0 radical (unpaired) electrons. The van der Waals surface area contributed by atoms with Crippen LogP contribution in [0.1, 0.15) is 50.6 Å². The third-order valence-corrected chi connectivity index (χ3v) is 4.59. The highest BCUT2D eigenvalue weighted by molar-refractivity contribution is 5.78. The van der Waals surface area contributed by atoms with Gasteiger partial charge in [-0.15, -0.1) is 0 Å². The number of carbonyl (C=O) groups is 2. The summed E-state index contributed by atoms with van der Waals surface area (Å²) in [7, 11) is 1.79. The van der Waals surface area contributed by atoms with Crippen molar-refractivity contribution >= 4 is 11.9 Å². The molecule has 1 aliphatic rings. The molecule has 24 heavy (non-hydrogen) atoms. The minimum atomic E-state index is -0.148. The number of piperidine rings is 1. The monoisotopic (exact) mass is 332 g/mol. The lowest BCUT2D eigenvalue weighted by Crippen LogP contribution is -2.42. The number of amides is 3. The minimum Gasteiger partial charge on any atom is -0.343 e. The van der Waals surface area contributed by atoms with Crippen molar-refractivity contribution in [2.75, 3.05) is 26.7 Å². The lowest BCUT2D eigenvalue weighted by molar-refractivity contribution is -0.131. The average molecular weight is 332 g/mol. The first kappa shape index (κ1) is 18.2. The Morgan fingerprint density at radius 1 is 1.25 bits per heavy atom. The van der Waals surface area contributed by atoms with E-state index in [1.165, 1.54) is 6.42 Å². The summed E-state index contributed by atoms with van der Waals surface area (Å²) in [6.07, 6.45) is 8.04. The van der Waals surface area contributed by atoms with Crippen molar-refractivity contribution in [2.24, 2.45) is 0 Å². The predicted octanol–water partition coefficient (Wildman–Crippen LogP) is 2.58. The Kier molecular flexibility index (Phi) is 7.03. The van der Waals surface area contributed by atoms with Crippen LogP contribution >= 0.6 is 0 Å². The first-order chi connectivity index (χ1) is 11.6. The summed E-state index contributed by atoms with van der Waals surface area (Å²) < 4.78 is 0. The van der Waals surface area contributed by atoms with Crippen molar-refractivity contribution < 1.29 is 9.59 Å². The molecule has 2 heterocycles. The summed E-state index contributed by atoms with van der Waals surface area (Å²) in [6.45, 7) is 4.14. The molecule has 132 valence electrons. The number of hydrogen-bond acceptors (Lipinski definition) is 3. The number of nitrogens with zero attached hydrogens (tertiary/aromatic N) is 3. The molecule has 0 aliphatic carbocycles. The average Bonchev–Trinajstić information content (AvgIpc) is 2.63. The molecule has 1 saturated heterocycles. The van der Waals surface area contributed by atoms with E-state index in [1.807, 2.05) is 17.0 Å². The molecule has 2 rings (SSSR count). The molecule has 0 aromatic carbocycles. The van der Waals surface area contributed by atoms with Gasteiger partial charge in [0.2, 0.25) is 5.91 Å². The van der Waals surface area contributed by atoms with Gasteiger partial charge in [-0.25, -0.2) is 4.79 Å². The zero-order valence-electron chi connectivity index (χ0n) is 14.7. The molecule has 1 aliphatic heterocycles. The molecule has 3 amide bonds. The minimum absolute atomic E-state index is 0.00537. The van der Waals surface area contributed by atoms with Gasteiger partial charge in [-0.1, -0.05) is 6.92 Å². The molecular weight excluding hydrogens is 304 g/mol. The van der Waals surface area contributed by atoms with Crippen molar-refractivity contribution in [1.29, 1.82) is 0 Å². The van der Waals surface area contributed by atoms with Crippen LogP contribution in [-0.2, 0) is 4.79 Å². The molecule has 0 bridgehead atoms. The summed E-state index contributed by atoms with van der Waals surface area (Å²) in [5.74, 6) is 0.138. The van der Waals surface area contributed by atoms with Crippen LogP contribution in [0.3, 0.4) is 0 Å². The van der Waals surface area contributed by atoms with Gasteiger partial charge >= 0.3 is 6.03 Å². The van der Waals surface area contributed by atoms with Gasteiger partial charge < -0.3 is 15.1 Å². The number of urea groups is 1. The van der Waals surface area contributed by atoms with E-state index >= 15 is 0 Å². The maximum absolute atomic E-state index is 12.3. The Bertz CT molecular complexity index is 529. The van der Waals surface area contributed by atoms with E-state index in [0.717, 1.165) is 37.9 Å². The van der Waals surface area contributed by atoms with Crippen LogP contribution in [-0.4, -0.2) is 53.4 Å². The van der Waals surface area contributed by atoms with E-state index in [0.29, 0.717) is 13.0 Å². The zero-order chi connectivity index (χ0) is 17.4. The topological polar surface area (TPSA) is 65.5 Å². The fourth-order valence-electron chi connectivity index (χ4n) is 3.16. The second kappa shape index (κ2) is 9.25. The van der Waals surface area contributed by atoms with Crippen LogP contribution < -0.4 is 5.32 Å². The molecule has 1 unspecified atom stereocenters. The summed E-state index contributed by atoms with van der Waals surface area (Å²) in [5, 5.41) is 2.86. The first-order valence-electron chi connectivity index (χ1n) is 8.81. The van der Waals surface area contributed by atoms with E-state index in [2.05, 4.69) is 17.2 Å². The number of rotatable bonds is 6. The number of likely N-dealkylation sites (tertiary alicyclic amines) is 1. The van der Waals surface area contributed by atoms with E-state index < -0.39 is 0 Å². The molecule has 1 N–H and O–H groups in total. The van der Waals surface area contributed by atoms with Gasteiger partial charge in [0.15, 0.2) is 0 Å². The third kappa shape index (κ3) is 4.94. The Labute approximate surface area is 144 Å². The van der Waals surface area contributed by atoms with Gasteiger partial charge in [0.25, 0.3) is 0 Å². The number of pyridine rings is 1. The Morgan fingerprint density at radius 3 is 2.54 bits per heavy atom. The Balaban J connectivity index is 1.79. The number of carbonyl (C=O) groups excluding carboxylic acids is 2. The Hall–Kier alpha value is -2.11. The number of aromatic nitrogens is 1. The standard InChI is InChI=1S/C18H28N4O2/c1-3-16(15-7-10-19-11-8-15)21(2)18(24)20-12-9-17(23)22-13-5-4-6-14-22/h7-8,10-11,16H,3-6,9,12-14H2,1-2H3,(H,20,24). The highest BCUT2D eigenvalue weighted by Gasteiger charge is 2.21. The fraction of sp³-hybridized carbons (Fsp3) is 0.611. The zero-order valence-corrected chi connectivity index (χ0v) is 14.7. The van der Waals surface area contributed by atoms with E-state index in [1.54, 1.807) is 24.3 Å². The normalized spacial score (nSPS) is 15.7. The molecule has 1 atom stereocenters. The predicted molar refractivity (Wildman–Crippen MR) is 93.5 cm³/mol. The van der Waals surface area contributed by atoms with E-state index in [9.17, 15) is 9.59 Å². The van der Waals surface area contributed by atoms with Crippen molar-refractivity contribution in [3.05, 3.63) is 30.1 Å². The largest absolute Gasteiger partial charge is 0.343 e. The Morgan fingerprint density at radius 2 is 1.92 bits per heavy atom. The van der Waals surface area contributed by atoms with Crippen LogP contribution in [0.4, 0.5) is 4.79 Å². The third-order valence-electron chi connectivity index (χ3n) is 4.59. The molecule has 1 aromatic rings. The fourth-order valence-corrected chi connectivity index (χ4v) is 3.16. The van der Waals surface area contributed by atoms with Crippen molar-refractivity contribution in [3.63, 3.8) is 0 Å². The molecule has 6 heteroatoms. The maximum atomic E-state index is 12.3. The number of nitrogens with one attached hydrogen (secondary N) is 1. The van der Waals surface area contributed by atoms with Gasteiger partial charge in [-0.05, 0) is 43.4 Å². The van der Waals surface area contributed by atoms with Crippen molar-refractivity contribution in [3.8, 4) is 0 Å². The van der Waals surface area contributed by atoms with Gasteiger partial charge in [0.1, 0.15) is 0 Å². The maximum Gasteiger partial charge on any atom is 0.317 e. The smallest absolute Gasteiger partial charge is 0.317 e. The van der Waals surface area contributed by atoms with E-state index in [-0.39, 0.29) is 18.0 Å². The second-order valence-electron chi connectivity index (χ2n) is 6.24. The molecule has 1 aromatic heterocycles. The summed E-state index contributed by atoms with van der Waals surface area (Å²) >= 11 is 0. The van der Waals surface area contributed by atoms with Crippen LogP contribution in [0, 0.1) is 0 Å². The molecule has 0 spiro atoms. The van der Waals surface area contributed by atoms with Crippen LogP contribution in [0.25, 0.3) is 0 Å². The molecule has 1 fully saturated rings. The second-order valence-corrected chi connectivity index (χ2v) is 6.24. The first-order valence-corrected chi connectivity index (χ1v) is 8.81. The SMILES string of the molecule is CCC(c1ccncc1)N(C)C(=O)NCCC(=O)N1CCCCC1. The quantitative estimate of drug-likeness (QED) is 0.871. The van der Waals surface area contributed by atoms with Crippen molar-refractivity contribution in [1.82, 2.24) is 20.1 Å². The number of hydrogen-bond donors (Lipinski definition) is 1. The van der Waals surface area contributed by atoms with Gasteiger partial charge in [0, 0.05) is 45.5 Å². The summed E-state index contributed by atoms with van der Waals surface area (Å²) in [5.41, 5.74) is 1.06. The van der Waals surface area contributed by atoms with Gasteiger partial charge in [0.05, 0.1) is 6.04 Å². The highest BCUT2D eigenvalue weighted by atomic mass is 16.2. The van der Waals surface area contributed by atoms with Gasteiger partial charge in [-0.2, -0.15) is 0 Å². The van der Waals surface area contributed by atoms with Crippen LogP contribution in [0.15, 0.2) is 24.5 Å². The van der Waals surface area contributed by atoms with E-state index in [4.69, 9.17) is 0 Å². The molecular formula is C18H28N4O2. The van der Waals surface area contributed by atoms with Gasteiger partial charge in [-0.3, -0.25) is 9.78 Å². The lowest BCUT2D eigenvalue weighted by atomic mass is 10.1. The summed E-state index contributed by atoms with van der Waals surface area (Å²) in [4.78, 5) is 32.1. The highest BCUT2D eigenvalue weighted by Crippen LogP contribution is 2.22. The summed E-state index contributed by atoms with van der Waals surface area (Å²) in [6, 6.07) is 3.71. The lowest BCUT2D eigenvalue weighted by Gasteiger charge is -2.29. The van der Waals surface area contributed by atoms with Crippen molar-refractivity contribution in [2.45, 2.75) is 45.1 Å². The molecule has 6 nitrogen and oxygen atoms in total.